The fourth-order valence-electron chi connectivity index (χ4n) is 1.60. The van der Waals surface area contributed by atoms with Crippen molar-refractivity contribution in [1.82, 2.24) is 4.98 Å². The largest absolute Gasteiger partial charge is 0.477 e. The van der Waals surface area contributed by atoms with Gasteiger partial charge in [0, 0.05) is 17.7 Å². The molecule has 0 aliphatic carbocycles. The van der Waals surface area contributed by atoms with Gasteiger partial charge in [-0.05, 0) is 18.2 Å². The average molecular weight is 295 g/mol. The van der Waals surface area contributed by atoms with Crippen LogP contribution in [0.1, 0.15) is 26.5 Å². The zero-order chi connectivity index (χ0) is 14.9. The van der Waals surface area contributed by atoms with E-state index < -0.39 is 16.7 Å². The van der Waals surface area contributed by atoms with Crippen molar-refractivity contribution in [2.24, 2.45) is 0 Å². The maximum absolute atomic E-state index is 12.1. The normalized spacial score (nSPS) is 10.2. The summed E-state index contributed by atoms with van der Waals surface area (Å²) in [7, 11) is 0. The molecular weight excluding hydrogens is 288 g/mol. The molecule has 0 aliphatic heterocycles. The van der Waals surface area contributed by atoms with Crippen LogP contribution in [0, 0.1) is 10.1 Å². The van der Waals surface area contributed by atoms with Gasteiger partial charge in [-0.1, -0.05) is 11.6 Å². The summed E-state index contributed by atoms with van der Waals surface area (Å²) in [5, 5.41) is 19.5. The van der Waals surface area contributed by atoms with Crippen LogP contribution in [-0.2, 0) is 0 Å². The van der Waals surface area contributed by atoms with Crippen molar-refractivity contribution in [2.45, 2.75) is 0 Å². The second-order valence-electron chi connectivity index (χ2n) is 3.84. The Morgan fingerprint density at radius 2 is 1.85 bits per heavy atom. The zero-order valence-corrected chi connectivity index (χ0v) is 10.5. The lowest BCUT2D eigenvalue weighted by Crippen LogP contribution is -2.05. The van der Waals surface area contributed by atoms with E-state index in [2.05, 4.69) is 4.98 Å². The fraction of sp³-hybridized carbons (Fsp3) is 0. The Balaban J connectivity index is 2.44. The molecule has 20 heavy (non-hydrogen) atoms. The highest BCUT2D eigenvalue weighted by Crippen LogP contribution is 2.24. The molecule has 7 nitrogen and oxygen atoms in total. The number of rotatable bonds is 4. The van der Waals surface area contributed by atoms with E-state index in [4.69, 9.17) is 16.7 Å². The van der Waals surface area contributed by atoms with E-state index in [1.54, 1.807) is 0 Å². The lowest BCUT2D eigenvalue weighted by molar-refractivity contribution is -0.384. The molecule has 2 N–H and O–H groups in total. The number of non-ortho nitro benzene ring substituents is 1. The predicted molar refractivity (Wildman–Crippen MR) is 69.3 cm³/mol. The number of aromatic carboxylic acids is 1. The van der Waals surface area contributed by atoms with Crippen molar-refractivity contribution in [3.8, 4) is 0 Å². The number of nitrogens with one attached hydrogen (secondary N) is 1. The molecule has 2 aromatic rings. The van der Waals surface area contributed by atoms with E-state index in [1.165, 1.54) is 24.3 Å². The number of carboxylic acids is 1. The van der Waals surface area contributed by atoms with E-state index in [-0.39, 0.29) is 27.7 Å². The monoisotopic (exact) mass is 294 g/mol. The van der Waals surface area contributed by atoms with E-state index >= 15 is 0 Å². The molecular formula is C12H7ClN2O5. The number of carboxylic acid groups (broad SMARTS) is 1. The van der Waals surface area contributed by atoms with Crippen LogP contribution >= 0.6 is 11.6 Å². The summed E-state index contributed by atoms with van der Waals surface area (Å²) in [4.78, 5) is 35.3. The average Bonchev–Trinajstić information content (AvgIpc) is 2.88. The Morgan fingerprint density at radius 3 is 2.40 bits per heavy atom. The Kier molecular flexibility index (Phi) is 3.53. The van der Waals surface area contributed by atoms with Gasteiger partial charge in [0.15, 0.2) is 0 Å². The van der Waals surface area contributed by atoms with E-state index in [1.807, 2.05) is 0 Å². The molecule has 0 saturated heterocycles. The molecule has 1 heterocycles. The molecule has 1 aromatic heterocycles. The second-order valence-corrected chi connectivity index (χ2v) is 4.25. The molecule has 0 fully saturated rings. The topological polar surface area (TPSA) is 113 Å². The van der Waals surface area contributed by atoms with Crippen LogP contribution in [0.4, 0.5) is 5.69 Å². The summed E-state index contributed by atoms with van der Waals surface area (Å²) < 4.78 is 0. The molecule has 0 spiro atoms. The molecule has 0 bridgehead atoms. The third kappa shape index (κ3) is 2.52. The van der Waals surface area contributed by atoms with Gasteiger partial charge in [0.1, 0.15) is 5.69 Å². The van der Waals surface area contributed by atoms with Gasteiger partial charge < -0.3 is 10.1 Å². The number of aromatic amines is 1. The number of nitro groups is 1. The van der Waals surface area contributed by atoms with E-state index in [0.717, 1.165) is 6.07 Å². The molecule has 8 heteroatoms. The molecule has 102 valence electrons. The van der Waals surface area contributed by atoms with Gasteiger partial charge >= 0.3 is 5.97 Å². The minimum Gasteiger partial charge on any atom is -0.477 e. The van der Waals surface area contributed by atoms with Crippen LogP contribution < -0.4 is 0 Å². The number of aromatic nitrogens is 1. The first-order valence-electron chi connectivity index (χ1n) is 5.31. The number of nitrogens with zero attached hydrogens (tertiary/aromatic N) is 1. The number of ketones is 1. The summed E-state index contributed by atoms with van der Waals surface area (Å²) in [5.41, 5.74) is -0.512. The Hall–Kier alpha value is -2.67. The van der Waals surface area contributed by atoms with Gasteiger partial charge in [-0.25, -0.2) is 4.79 Å². The lowest BCUT2D eigenvalue weighted by Gasteiger charge is -2.02. The number of halogens is 1. The van der Waals surface area contributed by atoms with Gasteiger partial charge in [0.25, 0.3) is 5.69 Å². The highest BCUT2D eigenvalue weighted by molar-refractivity contribution is 6.35. The molecule has 0 saturated carbocycles. The number of H-pyrrole nitrogens is 1. The maximum atomic E-state index is 12.1. The van der Waals surface area contributed by atoms with Crippen molar-refractivity contribution >= 4 is 29.0 Å². The summed E-state index contributed by atoms with van der Waals surface area (Å²) in [5.74, 6) is -1.83. The summed E-state index contributed by atoms with van der Waals surface area (Å²) >= 11 is 5.84. The number of hydrogen-bond acceptors (Lipinski definition) is 4. The Labute approximate surface area is 117 Å². The first-order chi connectivity index (χ1) is 9.40. The van der Waals surface area contributed by atoms with E-state index in [0.29, 0.717) is 0 Å². The van der Waals surface area contributed by atoms with Crippen molar-refractivity contribution < 1.29 is 19.6 Å². The number of carbonyl (C=O) groups is 2. The highest BCUT2D eigenvalue weighted by atomic mass is 35.5. The minimum absolute atomic E-state index is 0.00945. The van der Waals surface area contributed by atoms with Gasteiger partial charge in [-0.15, -0.1) is 0 Å². The molecule has 2 rings (SSSR count). The summed E-state index contributed by atoms with van der Waals surface area (Å²) in [6.07, 6.45) is 0. The van der Waals surface area contributed by atoms with Crippen LogP contribution in [0.5, 0.6) is 0 Å². The van der Waals surface area contributed by atoms with Crippen molar-refractivity contribution in [2.75, 3.05) is 0 Å². The van der Waals surface area contributed by atoms with Crippen molar-refractivity contribution in [3.05, 3.63) is 62.4 Å². The zero-order valence-electron chi connectivity index (χ0n) is 9.79. The van der Waals surface area contributed by atoms with Crippen molar-refractivity contribution in [1.29, 1.82) is 0 Å². The van der Waals surface area contributed by atoms with Gasteiger partial charge in [0.05, 0.1) is 15.6 Å². The number of hydrogen-bond donors (Lipinski definition) is 2. The third-order valence-electron chi connectivity index (χ3n) is 2.57. The van der Waals surface area contributed by atoms with Gasteiger partial charge in [0.2, 0.25) is 5.78 Å². The molecule has 0 amide bonds. The molecule has 0 aliphatic rings. The maximum Gasteiger partial charge on any atom is 0.352 e. The first-order valence-corrected chi connectivity index (χ1v) is 5.69. The van der Waals surface area contributed by atoms with Gasteiger partial charge in [-0.3, -0.25) is 14.9 Å². The lowest BCUT2D eigenvalue weighted by atomic mass is 10.1. The first kappa shape index (κ1) is 13.8. The molecule has 0 radical (unpaired) electrons. The number of carbonyl (C=O) groups excluding carboxylic acids is 1. The van der Waals surface area contributed by atoms with Crippen LogP contribution in [0.2, 0.25) is 5.02 Å². The van der Waals surface area contributed by atoms with Crippen LogP contribution in [-0.4, -0.2) is 26.8 Å². The fourth-order valence-corrected chi connectivity index (χ4v) is 1.80. The van der Waals surface area contributed by atoms with Gasteiger partial charge in [-0.2, -0.15) is 0 Å². The highest BCUT2D eigenvalue weighted by Gasteiger charge is 2.19. The van der Waals surface area contributed by atoms with E-state index in [9.17, 15) is 19.7 Å². The minimum atomic E-state index is -1.21. The molecule has 0 unspecified atom stereocenters. The SMILES string of the molecule is O=C(O)c1ccc(C(=O)c2cc([N+](=O)[O-])ccc2Cl)[nH]1. The van der Waals surface area contributed by atoms with Crippen LogP contribution in [0.3, 0.4) is 0 Å². The second kappa shape index (κ2) is 5.14. The van der Waals surface area contributed by atoms with Crippen LogP contribution in [0.25, 0.3) is 0 Å². The number of benzene rings is 1. The third-order valence-corrected chi connectivity index (χ3v) is 2.90. The molecule has 1 aromatic carbocycles. The van der Waals surface area contributed by atoms with Crippen molar-refractivity contribution in [3.63, 3.8) is 0 Å². The Morgan fingerprint density at radius 1 is 1.20 bits per heavy atom. The summed E-state index contributed by atoms with van der Waals surface area (Å²) in [6.45, 7) is 0. The number of nitro benzene ring substituents is 1. The van der Waals surface area contributed by atoms with Crippen LogP contribution in [0.15, 0.2) is 30.3 Å². The quantitative estimate of drug-likeness (QED) is 0.511. The summed E-state index contributed by atoms with van der Waals surface area (Å²) in [6, 6.07) is 5.97. The predicted octanol–water partition coefficient (Wildman–Crippen LogP) is 2.51. The standard InChI is InChI=1S/C12H7ClN2O5/c13-8-2-1-6(15(19)20)5-7(8)11(16)9-3-4-10(14-9)12(17)18/h1-5,14H,(H,17,18). The molecule has 0 atom stereocenters. The Bertz CT molecular complexity index is 722. The smallest absolute Gasteiger partial charge is 0.352 e.